The first-order chi connectivity index (χ1) is 13.3. The number of hydrogen-bond donors (Lipinski definition) is 1. The minimum Gasteiger partial charge on any atom is -0.452 e. The maximum Gasteiger partial charge on any atom is 0.331 e. The van der Waals surface area contributed by atoms with Gasteiger partial charge in [-0.1, -0.05) is 23.7 Å². The Labute approximate surface area is 170 Å². The lowest BCUT2D eigenvalue weighted by Gasteiger charge is -2.14. The summed E-state index contributed by atoms with van der Waals surface area (Å²) in [6, 6.07) is 9.70. The van der Waals surface area contributed by atoms with Crippen molar-refractivity contribution in [3.05, 3.63) is 63.9 Å². The Hall–Kier alpha value is -2.53. The highest BCUT2D eigenvalue weighted by atomic mass is 35.5. The highest BCUT2D eigenvalue weighted by molar-refractivity contribution is 6.30. The molecule has 1 aromatic heterocycles. The number of halogens is 1. The highest BCUT2D eigenvalue weighted by Gasteiger charge is 2.26. The molecular formula is C22H25ClN2O3. The molecule has 1 amide bonds. The molecule has 1 aliphatic rings. The minimum atomic E-state index is -0.540. The molecule has 148 valence electrons. The molecule has 0 aliphatic heterocycles. The van der Waals surface area contributed by atoms with E-state index in [1.807, 2.05) is 19.1 Å². The summed E-state index contributed by atoms with van der Waals surface area (Å²) in [6.07, 6.45) is 5.54. The predicted octanol–water partition coefficient (Wildman–Crippen LogP) is 4.53. The zero-order chi connectivity index (χ0) is 20.3. The number of esters is 1. The molecule has 0 radical (unpaired) electrons. The second-order valence-electron chi connectivity index (χ2n) is 7.21. The molecule has 0 bridgehead atoms. The van der Waals surface area contributed by atoms with Gasteiger partial charge in [0, 0.05) is 28.5 Å². The van der Waals surface area contributed by atoms with E-state index in [9.17, 15) is 9.59 Å². The van der Waals surface area contributed by atoms with Crippen molar-refractivity contribution >= 4 is 29.6 Å². The molecule has 1 aliphatic carbocycles. The molecule has 0 spiro atoms. The number of carbonyl (C=O) groups excluding carboxylic acids is 2. The summed E-state index contributed by atoms with van der Waals surface area (Å²) < 4.78 is 7.37. The topological polar surface area (TPSA) is 60.3 Å². The van der Waals surface area contributed by atoms with Crippen molar-refractivity contribution in [2.24, 2.45) is 0 Å². The maximum absolute atomic E-state index is 12.0. The quantitative estimate of drug-likeness (QED) is 0.548. The molecule has 3 rings (SSSR count). The van der Waals surface area contributed by atoms with E-state index in [2.05, 4.69) is 29.8 Å². The summed E-state index contributed by atoms with van der Waals surface area (Å²) in [7, 11) is 0. The SMILES string of the molecule is Cc1cc(/C=C/C(=O)OCC(=O)N[C@H](C)c2cccc(Cl)c2)c(C)n1C1CC1. The van der Waals surface area contributed by atoms with Gasteiger partial charge >= 0.3 is 5.97 Å². The standard InChI is InChI=1S/C22H25ClN2O3/c1-14-11-18(16(3)25(14)20-8-9-20)7-10-22(27)28-13-21(26)24-15(2)17-5-4-6-19(23)12-17/h4-7,10-12,15,20H,8-9,13H2,1-3H3,(H,24,26)/b10-7+/t15-/m1/s1. The minimum absolute atomic E-state index is 0.228. The fourth-order valence-electron chi connectivity index (χ4n) is 3.35. The first-order valence-corrected chi connectivity index (χ1v) is 9.81. The highest BCUT2D eigenvalue weighted by Crippen LogP contribution is 2.38. The molecule has 6 heteroatoms. The molecule has 1 fully saturated rings. The monoisotopic (exact) mass is 400 g/mol. The van der Waals surface area contributed by atoms with E-state index < -0.39 is 5.97 Å². The Balaban J connectivity index is 1.49. The lowest BCUT2D eigenvalue weighted by molar-refractivity contribution is -0.144. The predicted molar refractivity (Wildman–Crippen MR) is 110 cm³/mol. The number of benzene rings is 1. The van der Waals surface area contributed by atoms with Crippen molar-refractivity contribution in [1.29, 1.82) is 0 Å². The number of hydrogen-bond acceptors (Lipinski definition) is 3. The largest absolute Gasteiger partial charge is 0.452 e. The van der Waals surface area contributed by atoms with Gasteiger partial charge in [-0.15, -0.1) is 0 Å². The summed E-state index contributed by atoms with van der Waals surface area (Å²) in [5.41, 5.74) is 4.23. The summed E-state index contributed by atoms with van der Waals surface area (Å²) >= 11 is 5.97. The van der Waals surface area contributed by atoms with E-state index in [4.69, 9.17) is 16.3 Å². The third kappa shape index (κ3) is 5.04. The van der Waals surface area contributed by atoms with Crippen LogP contribution in [0, 0.1) is 13.8 Å². The molecule has 1 N–H and O–H groups in total. The zero-order valence-electron chi connectivity index (χ0n) is 16.4. The number of aryl methyl sites for hydroxylation is 1. The van der Waals surface area contributed by atoms with Crippen molar-refractivity contribution in [2.45, 2.75) is 45.7 Å². The number of rotatable bonds is 7. The van der Waals surface area contributed by atoms with Crippen LogP contribution in [-0.4, -0.2) is 23.1 Å². The van der Waals surface area contributed by atoms with Gasteiger partial charge in [0.1, 0.15) is 0 Å². The van der Waals surface area contributed by atoms with Crippen molar-refractivity contribution < 1.29 is 14.3 Å². The molecule has 1 atom stereocenters. The van der Waals surface area contributed by atoms with Crippen LogP contribution in [-0.2, 0) is 14.3 Å². The molecule has 5 nitrogen and oxygen atoms in total. The second kappa shape index (κ2) is 8.65. The van der Waals surface area contributed by atoms with Gasteiger partial charge in [0.15, 0.2) is 6.61 Å². The lowest BCUT2D eigenvalue weighted by Crippen LogP contribution is -2.30. The van der Waals surface area contributed by atoms with E-state index in [0.29, 0.717) is 11.1 Å². The summed E-state index contributed by atoms with van der Waals surface area (Å²) in [5.74, 6) is -0.900. The third-order valence-corrected chi connectivity index (χ3v) is 5.14. The van der Waals surface area contributed by atoms with Crippen LogP contribution in [0.1, 0.15) is 54.4 Å². The number of nitrogens with one attached hydrogen (secondary N) is 1. The molecule has 0 unspecified atom stereocenters. The Bertz CT molecular complexity index is 913. The van der Waals surface area contributed by atoms with Gasteiger partial charge in [0.25, 0.3) is 5.91 Å². The summed E-state index contributed by atoms with van der Waals surface area (Å²) in [4.78, 5) is 24.0. The summed E-state index contributed by atoms with van der Waals surface area (Å²) in [6.45, 7) is 5.66. The molecule has 1 heterocycles. The Kier molecular flexibility index (Phi) is 6.25. The van der Waals surface area contributed by atoms with Gasteiger partial charge in [-0.3, -0.25) is 4.79 Å². The fourth-order valence-corrected chi connectivity index (χ4v) is 3.55. The lowest BCUT2D eigenvalue weighted by atomic mass is 10.1. The Morgan fingerprint density at radius 3 is 2.75 bits per heavy atom. The van der Waals surface area contributed by atoms with Crippen LogP contribution in [0.25, 0.3) is 6.08 Å². The van der Waals surface area contributed by atoms with Gasteiger partial charge in [0.05, 0.1) is 6.04 Å². The van der Waals surface area contributed by atoms with Crippen LogP contribution in [0.5, 0.6) is 0 Å². The Morgan fingerprint density at radius 1 is 1.32 bits per heavy atom. The van der Waals surface area contributed by atoms with E-state index in [1.165, 1.54) is 24.6 Å². The smallest absolute Gasteiger partial charge is 0.331 e. The van der Waals surface area contributed by atoms with Crippen molar-refractivity contribution in [3.8, 4) is 0 Å². The number of nitrogens with zero attached hydrogens (tertiary/aromatic N) is 1. The van der Waals surface area contributed by atoms with Crippen molar-refractivity contribution in [2.75, 3.05) is 6.61 Å². The van der Waals surface area contributed by atoms with Crippen LogP contribution in [0.4, 0.5) is 0 Å². The molecular weight excluding hydrogens is 376 g/mol. The normalized spacial score (nSPS) is 14.9. The molecule has 2 aromatic rings. The zero-order valence-corrected chi connectivity index (χ0v) is 17.1. The Morgan fingerprint density at radius 2 is 2.07 bits per heavy atom. The van der Waals surface area contributed by atoms with Gasteiger partial charge in [-0.2, -0.15) is 0 Å². The summed E-state index contributed by atoms with van der Waals surface area (Å²) in [5, 5.41) is 3.40. The van der Waals surface area contributed by atoms with Crippen LogP contribution >= 0.6 is 11.6 Å². The van der Waals surface area contributed by atoms with Gasteiger partial charge in [-0.25, -0.2) is 4.79 Å². The molecule has 0 saturated heterocycles. The average molecular weight is 401 g/mol. The number of carbonyl (C=O) groups is 2. The van der Waals surface area contributed by atoms with Crippen molar-refractivity contribution in [3.63, 3.8) is 0 Å². The molecule has 1 aromatic carbocycles. The number of aromatic nitrogens is 1. The van der Waals surface area contributed by atoms with E-state index in [-0.39, 0.29) is 18.6 Å². The van der Waals surface area contributed by atoms with Crippen LogP contribution < -0.4 is 5.32 Å². The van der Waals surface area contributed by atoms with E-state index >= 15 is 0 Å². The first-order valence-electron chi connectivity index (χ1n) is 9.43. The van der Waals surface area contributed by atoms with E-state index in [1.54, 1.807) is 18.2 Å². The number of amides is 1. The average Bonchev–Trinajstić information content (AvgIpc) is 3.44. The van der Waals surface area contributed by atoms with Crippen LogP contribution in [0.2, 0.25) is 5.02 Å². The number of ether oxygens (including phenoxy) is 1. The van der Waals surface area contributed by atoms with Gasteiger partial charge in [0.2, 0.25) is 0 Å². The fraction of sp³-hybridized carbons (Fsp3) is 0.364. The van der Waals surface area contributed by atoms with Gasteiger partial charge < -0.3 is 14.6 Å². The maximum atomic E-state index is 12.0. The van der Waals surface area contributed by atoms with E-state index in [0.717, 1.165) is 16.8 Å². The molecule has 1 saturated carbocycles. The van der Waals surface area contributed by atoms with Gasteiger partial charge in [-0.05, 0) is 69.0 Å². The van der Waals surface area contributed by atoms with Crippen LogP contribution in [0.15, 0.2) is 36.4 Å². The third-order valence-electron chi connectivity index (χ3n) is 4.91. The first kappa shape index (κ1) is 20.2. The second-order valence-corrected chi connectivity index (χ2v) is 7.65. The van der Waals surface area contributed by atoms with Crippen molar-refractivity contribution in [1.82, 2.24) is 9.88 Å². The molecule has 28 heavy (non-hydrogen) atoms. The van der Waals surface area contributed by atoms with Crippen LogP contribution in [0.3, 0.4) is 0 Å².